The molecule has 1 unspecified atom stereocenters. The molecule has 0 saturated heterocycles. The first kappa shape index (κ1) is 13.0. The van der Waals surface area contributed by atoms with Gasteiger partial charge in [-0.25, -0.2) is 4.39 Å². The van der Waals surface area contributed by atoms with Crippen molar-refractivity contribution < 1.29 is 9.13 Å². The Morgan fingerprint density at radius 2 is 2.26 bits per heavy atom. The van der Waals surface area contributed by atoms with Gasteiger partial charge in [-0.1, -0.05) is 6.07 Å². The van der Waals surface area contributed by atoms with E-state index in [2.05, 4.69) is 4.98 Å². The number of nitriles is 1. The molecule has 1 aromatic heterocycles. The Morgan fingerprint density at radius 1 is 1.42 bits per heavy atom. The van der Waals surface area contributed by atoms with Crippen LogP contribution < -0.4 is 10.5 Å². The first-order chi connectivity index (χ1) is 9.24. The van der Waals surface area contributed by atoms with Crippen LogP contribution >= 0.6 is 0 Å². The van der Waals surface area contributed by atoms with E-state index in [9.17, 15) is 4.39 Å². The number of aromatic nitrogens is 1. The molecule has 0 aliphatic carbocycles. The molecular formula is C14H12FN3O. The Morgan fingerprint density at radius 3 is 2.84 bits per heavy atom. The van der Waals surface area contributed by atoms with E-state index < -0.39 is 11.9 Å². The maximum atomic E-state index is 13.7. The Labute approximate surface area is 110 Å². The van der Waals surface area contributed by atoms with E-state index in [4.69, 9.17) is 15.7 Å². The molecule has 1 atom stereocenters. The van der Waals surface area contributed by atoms with Gasteiger partial charge < -0.3 is 10.5 Å². The lowest BCUT2D eigenvalue weighted by Gasteiger charge is -2.17. The molecule has 2 N–H and O–H groups in total. The molecule has 2 rings (SSSR count). The third kappa shape index (κ3) is 3.06. The number of nitrogens with zero attached hydrogens (tertiary/aromatic N) is 2. The van der Waals surface area contributed by atoms with Gasteiger partial charge >= 0.3 is 0 Å². The van der Waals surface area contributed by atoms with Crippen molar-refractivity contribution in [3.63, 3.8) is 0 Å². The Kier molecular flexibility index (Phi) is 4.06. The molecule has 0 saturated carbocycles. The molecule has 0 aliphatic heterocycles. The minimum Gasteiger partial charge on any atom is -0.481 e. The topological polar surface area (TPSA) is 71.9 Å². The number of nitrogens with two attached hydrogens (primary N) is 1. The van der Waals surface area contributed by atoms with Crippen molar-refractivity contribution >= 4 is 0 Å². The summed E-state index contributed by atoms with van der Waals surface area (Å²) in [6.07, 6.45) is 2.79. The first-order valence-electron chi connectivity index (χ1n) is 5.71. The Balaban J connectivity index is 2.22. The van der Waals surface area contributed by atoms with Gasteiger partial charge in [0.05, 0.1) is 11.6 Å². The van der Waals surface area contributed by atoms with Crippen molar-refractivity contribution in [2.24, 2.45) is 5.73 Å². The molecule has 5 heteroatoms. The number of hydrogen-bond acceptors (Lipinski definition) is 4. The Hall–Kier alpha value is -2.45. The average Bonchev–Trinajstić information content (AvgIpc) is 2.47. The zero-order valence-corrected chi connectivity index (χ0v) is 10.1. The summed E-state index contributed by atoms with van der Waals surface area (Å²) in [6.45, 7) is 0.200. The molecule has 1 aromatic carbocycles. The fraction of sp³-hybridized carbons (Fsp3) is 0.143. The predicted octanol–water partition coefficient (Wildman–Crippen LogP) is 2.17. The van der Waals surface area contributed by atoms with Crippen molar-refractivity contribution in [2.45, 2.75) is 6.10 Å². The summed E-state index contributed by atoms with van der Waals surface area (Å²) in [6, 6.07) is 9.49. The third-order valence-corrected chi connectivity index (χ3v) is 2.60. The van der Waals surface area contributed by atoms with Crippen LogP contribution in [0, 0.1) is 17.1 Å². The second kappa shape index (κ2) is 5.94. The van der Waals surface area contributed by atoms with E-state index >= 15 is 0 Å². The van der Waals surface area contributed by atoms with Gasteiger partial charge in [0.1, 0.15) is 6.10 Å². The van der Waals surface area contributed by atoms with Crippen molar-refractivity contribution in [3.05, 3.63) is 59.7 Å². The summed E-state index contributed by atoms with van der Waals surface area (Å²) in [7, 11) is 0. The summed E-state index contributed by atoms with van der Waals surface area (Å²) in [4.78, 5) is 3.97. The van der Waals surface area contributed by atoms with Crippen LogP contribution in [-0.2, 0) is 0 Å². The summed E-state index contributed by atoms with van der Waals surface area (Å²) in [5, 5.41) is 8.67. The molecule has 0 bridgehead atoms. The highest BCUT2D eigenvalue weighted by atomic mass is 19.1. The standard InChI is InChI=1S/C14H12FN3O/c15-12-6-10(7-16)3-4-13(12)19-14(8-17)11-2-1-5-18-9-11/h1-6,9,14H,8,17H2. The van der Waals surface area contributed by atoms with Crippen LogP contribution in [0.25, 0.3) is 0 Å². The summed E-state index contributed by atoms with van der Waals surface area (Å²) < 4.78 is 19.2. The molecule has 0 radical (unpaired) electrons. The highest BCUT2D eigenvalue weighted by Gasteiger charge is 2.14. The number of pyridine rings is 1. The molecule has 96 valence electrons. The summed E-state index contributed by atoms with van der Waals surface area (Å²) in [5.41, 5.74) is 6.65. The van der Waals surface area contributed by atoms with Crippen LogP contribution in [-0.4, -0.2) is 11.5 Å². The van der Waals surface area contributed by atoms with E-state index in [-0.39, 0.29) is 17.9 Å². The van der Waals surface area contributed by atoms with E-state index in [0.29, 0.717) is 0 Å². The minimum absolute atomic E-state index is 0.0679. The quantitative estimate of drug-likeness (QED) is 0.911. The normalized spacial score (nSPS) is 11.6. The molecule has 2 aromatic rings. The van der Waals surface area contributed by atoms with Gasteiger partial charge in [-0.2, -0.15) is 5.26 Å². The van der Waals surface area contributed by atoms with Gasteiger partial charge in [0, 0.05) is 24.5 Å². The number of benzene rings is 1. The van der Waals surface area contributed by atoms with E-state index in [0.717, 1.165) is 11.6 Å². The second-order valence-electron chi connectivity index (χ2n) is 3.89. The first-order valence-corrected chi connectivity index (χ1v) is 5.71. The van der Waals surface area contributed by atoms with Gasteiger partial charge in [-0.15, -0.1) is 0 Å². The largest absolute Gasteiger partial charge is 0.481 e. The van der Waals surface area contributed by atoms with Crippen LogP contribution in [0.5, 0.6) is 5.75 Å². The van der Waals surface area contributed by atoms with Gasteiger partial charge in [0.25, 0.3) is 0 Å². The zero-order chi connectivity index (χ0) is 13.7. The minimum atomic E-state index is -0.582. The lowest BCUT2D eigenvalue weighted by atomic mass is 10.1. The number of ether oxygens (including phenoxy) is 1. The van der Waals surface area contributed by atoms with Gasteiger partial charge in [-0.3, -0.25) is 4.98 Å². The monoisotopic (exact) mass is 257 g/mol. The maximum absolute atomic E-state index is 13.7. The van der Waals surface area contributed by atoms with E-state index in [1.54, 1.807) is 18.5 Å². The van der Waals surface area contributed by atoms with Crippen molar-refractivity contribution in [1.29, 1.82) is 5.26 Å². The maximum Gasteiger partial charge on any atom is 0.166 e. The lowest BCUT2D eigenvalue weighted by Crippen LogP contribution is -2.19. The number of rotatable bonds is 4. The molecule has 19 heavy (non-hydrogen) atoms. The summed E-state index contributed by atoms with van der Waals surface area (Å²) in [5.74, 6) is -0.514. The highest BCUT2D eigenvalue weighted by molar-refractivity contribution is 5.36. The van der Waals surface area contributed by atoms with E-state index in [1.165, 1.54) is 12.1 Å². The zero-order valence-electron chi connectivity index (χ0n) is 10.1. The fourth-order valence-corrected chi connectivity index (χ4v) is 1.64. The summed E-state index contributed by atoms with van der Waals surface area (Å²) >= 11 is 0. The van der Waals surface area contributed by atoms with E-state index in [1.807, 2.05) is 12.1 Å². The SMILES string of the molecule is N#Cc1ccc(OC(CN)c2cccnc2)c(F)c1. The average molecular weight is 257 g/mol. The molecule has 0 fully saturated rings. The molecule has 4 nitrogen and oxygen atoms in total. The predicted molar refractivity (Wildman–Crippen MR) is 67.8 cm³/mol. The van der Waals surface area contributed by atoms with Crippen LogP contribution in [0.2, 0.25) is 0 Å². The molecule has 0 aliphatic rings. The smallest absolute Gasteiger partial charge is 0.166 e. The van der Waals surface area contributed by atoms with Crippen LogP contribution in [0.15, 0.2) is 42.7 Å². The molecule has 0 amide bonds. The van der Waals surface area contributed by atoms with Crippen LogP contribution in [0.1, 0.15) is 17.2 Å². The van der Waals surface area contributed by atoms with Crippen molar-refractivity contribution in [1.82, 2.24) is 4.98 Å². The van der Waals surface area contributed by atoms with Crippen molar-refractivity contribution in [3.8, 4) is 11.8 Å². The lowest BCUT2D eigenvalue weighted by molar-refractivity contribution is 0.204. The van der Waals surface area contributed by atoms with Gasteiger partial charge in [-0.05, 0) is 24.3 Å². The second-order valence-corrected chi connectivity index (χ2v) is 3.89. The number of halogens is 1. The highest BCUT2D eigenvalue weighted by Crippen LogP contribution is 2.24. The van der Waals surface area contributed by atoms with Gasteiger partial charge in [0.15, 0.2) is 11.6 Å². The van der Waals surface area contributed by atoms with Gasteiger partial charge in [0.2, 0.25) is 0 Å². The fourth-order valence-electron chi connectivity index (χ4n) is 1.64. The molecular weight excluding hydrogens is 245 g/mol. The Bertz CT molecular complexity index is 595. The third-order valence-electron chi connectivity index (χ3n) is 2.60. The molecule has 0 spiro atoms. The van der Waals surface area contributed by atoms with Crippen molar-refractivity contribution in [2.75, 3.05) is 6.54 Å². The molecule has 1 heterocycles. The number of hydrogen-bond donors (Lipinski definition) is 1. The van der Waals surface area contributed by atoms with Crippen LogP contribution in [0.3, 0.4) is 0 Å². The van der Waals surface area contributed by atoms with Crippen LogP contribution in [0.4, 0.5) is 4.39 Å².